The van der Waals surface area contributed by atoms with E-state index in [2.05, 4.69) is 15.6 Å². The summed E-state index contributed by atoms with van der Waals surface area (Å²) >= 11 is 0.926. The molecular formula is C20H22F3N5O3S. The number of nitrogens with one attached hydrogen (secondary N) is 2. The van der Waals surface area contributed by atoms with E-state index in [1.54, 1.807) is 4.90 Å². The molecule has 0 aliphatic carbocycles. The molecule has 0 bridgehead atoms. The second kappa shape index (κ2) is 8.94. The van der Waals surface area contributed by atoms with Gasteiger partial charge in [0.15, 0.2) is 10.8 Å². The average molecular weight is 469 g/mol. The molecule has 0 radical (unpaired) electrons. The number of β-amino-alcohol motifs (C(OH)–C–C–N with tert-alkyl or cyclic N) is 1. The van der Waals surface area contributed by atoms with E-state index in [4.69, 9.17) is 5.11 Å². The Labute approximate surface area is 186 Å². The largest absolute Gasteiger partial charge is 0.427 e. The van der Waals surface area contributed by atoms with E-state index in [0.717, 1.165) is 23.3 Å². The fourth-order valence-corrected chi connectivity index (χ4v) is 4.95. The topological polar surface area (TPSA) is 97.8 Å². The summed E-state index contributed by atoms with van der Waals surface area (Å²) in [5.41, 5.74) is 0.821. The van der Waals surface area contributed by atoms with Gasteiger partial charge in [-0.05, 0) is 18.4 Å². The molecule has 2 aliphatic rings. The highest BCUT2D eigenvalue weighted by Crippen LogP contribution is 2.40. The van der Waals surface area contributed by atoms with Crippen molar-refractivity contribution in [2.75, 3.05) is 29.9 Å². The van der Waals surface area contributed by atoms with E-state index in [-0.39, 0.29) is 16.6 Å². The molecule has 1 aromatic carbocycles. The van der Waals surface area contributed by atoms with Gasteiger partial charge in [0.1, 0.15) is 11.0 Å². The van der Waals surface area contributed by atoms with Crippen LogP contribution in [0.1, 0.15) is 28.9 Å². The van der Waals surface area contributed by atoms with Crippen LogP contribution >= 0.6 is 11.3 Å². The maximum atomic E-state index is 13.5. The summed E-state index contributed by atoms with van der Waals surface area (Å²) in [4.78, 5) is 32.0. The van der Waals surface area contributed by atoms with Gasteiger partial charge in [0.25, 0.3) is 5.91 Å². The number of halogens is 3. The van der Waals surface area contributed by atoms with Crippen LogP contribution in [0.15, 0.2) is 30.3 Å². The second-order valence-corrected chi connectivity index (χ2v) is 8.52. The first-order valence-corrected chi connectivity index (χ1v) is 11.0. The van der Waals surface area contributed by atoms with Gasteiger partial charge in [0, 0.05) is 19.6 Å². The van der Waals surface area contributed by atoms with E-state index in [0.29, 0.717) is 29.5 Å². The first-order chi connectivity index (χ1) is 15.3. The van der Waals surface area contributed by atoms with Crippen LogP contribution in [0.5, 0.6) is 0 Å². The minimum Gasteiger partial charge on any atom is -0.395 e. The predicted octanol–water partition coefficient (Wildman–Crippen LogP) is 2.18. The van der Waals surface area contributed by atoms with E-state index < -0.39 is 37.4 Å². The lowest BCUT2D eigenvalue weighted by Gasteiger charge is -2.36. The van der Waals surface area contributed by atoms with Gasteiger partial charge >= 0.3 is 6.18 Å². The first-order valence-electron chi connectivity index (χ1n) is 10.1. The summed E-state index contributed by atoms with van der Waals surface area (Å²) in [5, 5.41) is 14.7. The fourth-order valence-electron chi connectivity index (χ4n) is 3.90. The minimum atomic E-state index is -4.72. The molecule has 2 aromatic rings. The lowest BCUT2D eigenvalue weighted by atomic mass is 10.2. The van der Waals surface area contributed by atoms with Crippen LogP contribution in [-0.4, -0.2) is 64.9 Å². The zero-order valence-electron chi connectivity index (χ0n) is 16.9. The number of anilines is 2. The van der Waals surface area contributed by atoms with Crippen LogP contribution in [0.2, 0.25) is 0 Å². The highest BCUT2D eigenvalue weighted by molar-refractivity contribution is 7.20. The molecule has 1 fully saturated rings. The van der Waals surface area contributed by atoms with Gasteiger partial charge in [0.05, 0.1) is 6.61 Å². The van der Waals surface area contributed by atoms with E-state index in [1.165, 1.54) is 0 Å². The van der Waals surface area contributed by atoms with Crippen molar-refractivity contribution in [2.24, 2.45) is 0 Å². The number of fused-ring (bicyclic) bond motifs is 1. The van der Waals surface area contributed by atoms with Crippen LogP contribution < -0.4 is 15.5 Å². The van der Waals surface area contributed by atoms with Crippen molar-refractivity contribution < 1.29 is 27.9 Å². The maximum Gasteiger partial charge on any atom is 0.427 e. The molecule has 2 amide bonds. The normalized spacial score (nSPS) is 20.8. The number of benzene rings is 1. The zero-order valence-corrected chi connectivity index (χ0v) is 17.7. The maximum absolute atomic E-state index is 13.5. The van der Waals surface area contributed by atoms with Crippen molar-refractivity contribution in [3.63, 3.8) is 0 Å². The summed E-state index contributed by atoms with van der Waals surface area (Å²) in [6, 6.07) is 8.91. The Morgan fingerprint density at radius 2 is 2.06 bits per heavy atom. The molecule has 2 aliphatic heterocycles. The Bertz CT molecular complexity index is 985. The van der Waals surface area contributed by atoms with Crippen molar-refractivity contribution in [1.82, 2.24) is 15.2 Å². The van der Waals surface area contributed by atoms with Gasteiger partial charge < -0.3 is 25.5 Å². The van der Waals surface area contributed by atoms with Crippen LogP contribution in [0.3, 0.4) is 0 Å². The molecular weight excluding hydrogens is 447 g/mol. The summed E-state index contributed by atoms with van der Waals surface area (Å²) in [6.45, 7) is -0.215. The van der Waals surface area contributed by atoms with Gasteiger partial charge in [0.2, 0.25) is 12.1 Å². The number of carbonyl (C=O) groups is 2. The Morgan fingerprint density at radius 3 is 2.75 bits per heavy atom. The molecule has 2 atom stereocenters. The summed E-state index contributed by atoms with van der Waals surface area (Å²) in [5.74, 6) is -1.10. The van der Waals surface area contributed by atoms with Crippen molar-refractivity contribution in [3.8, 4) is 0 Å². The lowest BCUT2D eigenvalue weighted by molar-refractivity contribution is -0.170. The second-order valence-electron chi connectivity index (χ2n) is 7.54. The number of aliphatic hydroxyl groups excluding tert-OH is 1. The number of aromatic nitrogens is 1. The number of hydrogen-bond acceptors (Lipinski definition) is 7. The Kier molecular flexibility index (Phi) is 6.24. The van der Waals surface area contributed by atoms with Crippen molar-refractivity contribution in [3.05, 3.63) is 41.6 Å². The molecule has 1 unspecified atom stereocenters. The quantitative estimate of drug-likeness (QED) is 0.600. The average Bonchev–Trinajstić information content (AvgIpc) is 3.41. The lowest BCUT2D eigenvalue weighted by Crippen LogP contribution is -2.56. The Balaban J connectivity index is 1.53. The van der Waals surface area contributed by atoms with Gasteiger partial charge in [-0.2, -0.15) is 13.2 Å². The van der Waals surface area contributed by atoms with E-state index in [9.17, 15) is 22.8 Å². The molecule has 8 nitrogen and oxygen atoms in total. The summed E-state index contributed by atoms with van der Waals surface area (Å²) in [6.07, 6.45) is -5.67. The Morgan fingerprint density at radius 1 is 1.31 bits per heavy atom. The Hall–Kier alpha value is -2.86. The SMILES string of the molecule is O=C(NCc1ccccc1)C1CCCN1c1nc2c(s1)N[C@@H](C(F)(F)F)N(CCO)C2=O. The molecule has 172 valence electrons. The van der Waals surface area contributed by atoms with E-state index >= 15 is 0 Å². The number of amides is 2. The fraction of sp³-hybridized carbons (Fsp3) is 0.450. The van der Waals surface area contributed by atoms with E-state index in [1.807, 2.05) is 30.3 Å². The molecule has 0 saturated carbocycles. The third kappa shape index (κ3) is 4.37. The van der Waals surface area contributed by atoms with Crippen LogP contribution in [0, 0.1) is 0 Å². The number of rotatable bonds is 6. The molecule has 1 saturated heterocycles. The molecule has 12 heteroatoms. The zero-order chi connectivity index (χ0) is 22.9. The molecule has 3 N–H and O–H groups in total. The summed E-state index contributed by atoms with van der Waals surface area (Å²) in [7, 11) is 0. The van der Waals surface area contributed by atoms with Crippen molar-refractivity contribution in [1.29, 1.82) is 0 Å². The number of carbonyl (C=O) groups excluding carboxylic acids is 2. The van der Waals surface area contributed by atoms with Crippen LogP contribution in [0.4, 0.5) is 23.3 Å². The van der Waals surface area contributed by atoms with Crippen LogP contribution in [-0.2, 0) is 11.3 Å². The smallest absolute Gasteiger partial charge is 0.395 e. The van der Waals surface area contributed by atoms with Crippen LogP contribution in [0.25, 0.3) is 0 Å². The van der Waals surface area contributed by atoms with Gasteiger partial charge in [-0.1, -0.05) is 41.7 Å². The molecule has 0 spiro atoms. The van der Waals surface area contributed by atoms with Gasteiger partial charge in [-0.3, -0.25) is 9.59 Å². The van der Waals surface area contributed by atoms with Crippen molar-refractivity contribution >= 4 is 33.3 Å². The molecule has 1 aromatic heterocycles. The predicted molar refractivity (Wildman–Crippen MR) is 112 cm³/mol. The summed E-state index contributed by atoms with van der Waals surface area (Å²) < 4.78 is 40.4. The minimum absolute atomic E-state index is 0.0110. The third-order valence-electron chi connectivity index (χ3n) is 5.42. The first kappa shape index (κ1) is 22.3. The van der Waals surface area contributed by atoms with Gasteiger partial charge in [-0.25, -0.2) is 4.98 Å². The van der Waals surface area contributed by atoms with Gasteiger partial charge in [-0.15, -0.1) is 0 Å². The highest BCUT2D eigenvalue weighted by atomic mass is 32.1. The number of hydrogen-bond donors (Lipinski definition) is 3. The van der Waals surface area contributed by atoms with Crippen molar-refractivity contribution in [2.45, 2.75) is 37.8 Å². The number of alkyl halides is 3. The molecule has 4 rings (SSSR count). The number of aliphatic hydroxyl groups is 1. The number of nitrogens with zero attached hydrogens (tertiary/aromatic N) is 3. The third-order valence-corrected chi connectivity index (χ3v) is 6.44. The molecule has 3 heterocycles. The highest BCUT2D eigenvalue weighted by Gasteiger charge is 2.50. The standard InChI is InChI=1S/C20H22F3N5O3S/c21-20(22,23)18-26-16-14(17(31)28(18)9-10-29)25-19(32-16)27-8-4-7-13(27)15(30)24-11-12-5-2-1-3-6-12/h1-3,5-6,13,18,26,29H,4,7-11H2,(H,24,30)/t13?,18-/m1/s1. The molecule has 32 heavy (non-hydrogen) atoms. The monoisotopic (exact) mass is 469 g/mol. The number of thiazole rings is 1.